The summed E-state index contributed by atoms with van der Waals surface area (Å²) in [5.41, 5.74) is 5.24. The van der Waals surface area contributed by atoms with Crippen LogP contribution in [-0.4, -0.2) is 15.0 Å². The van der Waals surface area contributed by atoms with Crippen LogP contribution in [0.15, 0.2) is 22.4 Å². The molecule has 13 heavy (non-hydrogen) atoms. The topological polar surface area (TPSA) is 86.2 Å². The molecule has 4 N–H and O–H groups in total. The Bertz CT molecular complexity index is 406. The molecule has 1 heterocycles. The Balaban J connectivity index is 2.94. The van der Waals surface area contributed by atoms with E-state index in [9.17, 15) is 8.42 Å². The summed E-state index contributed by atoms with van der Waals surface area (Å²) >= 11 is 1.12. The van der Waals surface area contributed by atoms with E-state index in [1.807, 2.05) is 0 Å². The van der Waals surface area contributed by atoms with Crippen LogP contribution in [0.4, 0.5) is 0 Å². The Hall–Kier alpha value is -0.690. The molecular weight excluding hydrogens is 208 g/mol. The first-order valence-corrected chi connectivity index (χ1v) is 5.89. The summed E-state index contributed by atoms with van der Waals surface area (Å²) < 4.78 is 21.9. The van der Waals surface area contributed by atoms with Gasteiger partial charge in [-0.1, -0.05) is 6.08 Å². The number of nitrogens with two attached hydrogens (primary N) is 2. The van der Waals surface area contributed by atoms with Gasteiger partial charge in [-0.2, -0.15) is 0 Å². The minimum Gasteiger partial charge on any atom is -0.327 e. The quantitative estimate of drug-likeness (QED) is 0.768. The molecule has 0 aliphatic rings. The molecule has 0 atom stereocenters. The molecule has 0 aliphatic carbocycles. The molecule has 0 amide bonds. The van der Waals surface area contributed by atoms with Crippen LogP contribution >= 0.6 is 11.3 Å². The molecule has 1 aromatic rings. The lowest BCUT2D eigenvalue weighted by molar-refractivity contribution is 0.600. The third-order valence-corrected chi connectivity index (χ3v) is 3.79. The van der Waals surface area contributed by atoms with Gasteiger partial charge in [-0.25, -0.2) is 13.6 Å². The van der Waals surface area contributed by atoms with Crippen molar-refractivity contribution >= 4 is 27.4 Å². The molecule has 0 bridgehead atoms. The van der Waals surface area contributed by atoms with Crippen LogP contribution in [0.25, 0.3) is 6.08 Å². The number of sulfonamides is 1. The lowest BCUT2D eigenvalue weighted by atomic mass is 10.4. The number of hydrogen-bond acceptors (Lipinski definition) is 4. The molecule has 0 aliphatic heterocycles. The summed E-state index contributed by atoms with van der Waals surface area (Å²) in [7, 11) is -3.55. The molecule has 0 unspecified atom stereocenters. The molecule has 6 heteroatoms. The van der Waals surface area contributed by atoms with E-state index in [1.54, 1.807) is 18.2 Å². The molecule has 1 aromatic heterocycles. The normalized spacial score (nSPS) is 12.5. The summed E-state index contributed by atoms with van der Waals surface area (Å²) in [5.74, 6) is 0. The summed E-state index contributed by atoms with van der Waals surface area (Å²) in [4.78, 5) is 0.828. The van der Waals surface area contributed by atoms with Crippen LogP contribution in [0.5, 0.6) is 0 Å². The fourth-order valence-electron chi connectivity index (χ4n) is 0.761. The van der Waals surface area contributed by atoms with Gasteiger partial charge in [0, 0.05) is 11.4 Å². The molecule has 0 fully saturated rings. The summed E-state index contributed by atoms with van der Waals surface area (Å²) in [6, 6.07) is 3.17. The first kappa shape index (κ1) is 10.4. The van der Waals surface area contributed by atoms with Gasteiger partial charge in [-0.05, 0) is 18.2 Å². The third-order valence-electron chi connectivity index (χ3n) is 1.30. The lowest BCUT2D eigenvalue weighted by Crippen LogP contribution is -2.09. The van der Waals surface area contributed by atoms with Crippen LogP contribution in [-0.2, 0) is 10.0 Å². The highest BCUT2D eigenvalue weighted by molar-refractivity contribution is 7.91. The smallest absolute Gasteiger partial charge is 0.247 e. The van der Waals surface area contributed by atoms with Gasteiger partial charge >= 0.3 is 0 Å². The highest BCUT2D eigenvalue weighted by Gasteiger charge is 2.09. The monoisotopic (exact) mass is 218 g/mol. The first-order valence-electron chi connectivity index (χ1n) is 3.53. The maximum atomic E-state index is 10.9. The number of primary sulfonamides is 1. The summed E-state index contributed by atoms with van der Waals surface area (Å²) in [6.07, 6.45) is 3.51. The van der Waals surface area contributed by atoms with E-state index in [1.165, 1.54) is 6.07 Å². The molecular formula is C7H10N2O2S2. The highest BCUT2D eigenvalue weighted by atomic mass is 32.2. The molecule has 0 spiro atoms. The van der Waals surface area contributed by atoms with Gasteiger partial charge in [0.2, 0.25) is 10.0 Å². The van der Waals surface area contributed by atoms with Crippen LogP contribution in [0.3, 0.4) is 0 Å². The standard InChI is InChI=1S/C7H10N2O2S2/c8-5-1-2-6-3-4-7(12-6)13(9,10)11/h1-4H,5,8H2,(H2,9,10,11). The lowest BCUT2D eigenvalue weighted by Gasteiger charge is -1.88. The van der Waals surface area contributed by atoms with Gasteiger partial charge in [0.1, 0.15) is 4.21 Å². The Labute approximate surface area is 80.9 Å². The van der Waals surface area contributed by atoms with E-state index < -0.39 is 10.0 Å². The van der Waals surface area contributed by atoms with Gasteiger partial charge in [0.25, 0.3) is 0 Å². The highest BCUT2D eigenvalue weighted by Crippen LogP contribution is 2.20. The second-order valence-electron chi connectivity index (χ2n) is 2.34. The Morgan fingerprint density at radius 2 is 2.15 bits per heavy atom. The zero-order valence-electron chi connectivity index (χ0n) is 6.80. The second kappa shape index (κ2) is 4.01. The molecule has 0 saturated heterocycles. The largest absolute Gasteiger partial charge is 0.327 e. The van der Waals surface area contributed by atoms with Gasteiger partial charge in [-0.3, -0.25) is 0 Å². The van der Waals surface area contributed by atoms with Crippen molar-refractivity contribution in [2.75, 3.05) is 6.54 Å². The Kier molecular flexibility index (Phi) is 3.21. The van der Waals surface area contributed by atoms with Crippen molar-refractivity contribution in [1.29, 1.82) is 0 Å². The Morgan fingerprint density at radius 1 is 1.46 bits per heavy atom. The van der Waals surface area contributed by atoms with Crippen molar-refractivity contribution in [2.45, 2.75) is 4.21 Å². The molecule has 0 saturated carbocycles. The first-order chi connectivity index (χ1) is 6.04. The van der Waals surface area contributed by atoms with Crippen molar-refractivity contribution in [1.82, 2.24) is 0 Å². The molecule has 1 rings (SSSR count). The maximum absolute atomic E-state index is 10.9. The zero-order valence-corrected chi connectivity index (χ0v) is 8.44. The van der Waals surface area contributed by atoms with E-state index >= 15 is 0 Å². The summed E-state index contributed by atoms with van der Waals surface area (Å²) in [6.45, 7) is 0.433. The fourth-order valence-corrected chi connectivity index (χ4v) is 2.44. The van der Waals surface area contributed by atoms with Crippen molar-refractivity contribution < 1.29 is 8.42 Å². The average molecular weight is 218 g/mol. The van der Waals surface area contributed by atoms with E-state index in [2.05, 4.69) is 0 Å². The average Bonchev–Trinajstić information content (AvgIpc) is 2.47. The Morgan fingerprint density at radius 3 is 2.62 bits per heavy atom. The van der Waals surface area contributed by atoms with Crippen molar-refractivity contribution in [3.8, 4) is 0 Å². The zero-order chi connectivity index (χ0) is 9.90. The van der Waals surface area contributed by atoms with Gasteiger partial charge in [0.15, 0.2) is 0 Å². The van der Waals surface area contributed by atoms with Crippen molar-refractivity contribution in [2.24, 2.45) is 10.9 Å². The van der Waals surface area contributed by atoms with Gasteiger partial charge < -0.3 is 5.73 Å². The van der Waals surface area contributed by atoms with Gasteiger partial charge in [0.05, 0.1) is 0 Å². The van der Waals surface area contributed by atoms with Crippen molar-refractivity contribution in [3.05, 3.63) is 23.1 Å². The fraction of sp³-hybridized carbons (Fsp3) is 0.143. The molecule has 0 radical (unpaired) electrons. The molecule has 0 aromatic carbocycles. The predicted molar refractivity (Wildman–Crippen MR) is 53.8 cm³/mol. The van der Waals surface area contributed by atoms with Crippen molar-refractivity contribution in [3.63, 3.8) is 0 Å². The second-order valence-corrected chi connectivity index (χ2v) is 5.24. The predicted octanol–water partition coefficient (Wildman–Crippen LogP) is 0.367. The minimum absolute atomic E-state index is 0.171. The molecule has 4 nitrogen and oxygen atoms in total. The number of thiophene rings is 1. The van der Waals surface area contributed by atoms with Crippen LogP contribution < -0.4 is 10.9 Å². The number of hydrogen-bond donors (Lipinski definition) is 2. The van der Waals surface area contributed by atoms with Gasteiger partial charge in [-0.15, -0.1) is 11.3 Å². The SMILES string of the molecule is NCC=Cc1ccc(S(N)(=O)=O)s1. The van der Waals surface area contributed by atoms with Crippen LogP contribution in [0.2, 0.25) is 0 Å². The minimum atomic E-state index is -3.55. The molecule has 72 valence electrons. The van der Waals surface area contributed by atoms with E-state index in [0.29, 0.717) is 6.54 Å². The van der Waals surface area contributed by atoms with E-state index in [0.717, 1.165) is 16.2 Å². The van der Waals surface area contributed by atoms with Crippen LogP contribution in [0.1, 0.15) is 4.88 Å². The number of rotatable bonds is 3. The third kappa shape index (κ3) is 2.92. The van der Waals surface area contributed by atoms with E-state index in [-0.39, 0.29) is 4.21 Å². The summed E-state index contributed by atoms with van der Waals surface area (Å²) in [5, 5.41) is 4.93. The maximum Gasteiger partial charge on any atom is 0.247 e. The van der Waals surface area contributed by atoms with Crippen LogP contribution in [0, 0.1) is 0 Å². The van der Waals surface area contributed by atoms with E-state index in [4.69, 9.17) is 10.9 Å².